The fourth-order valence-corrected chi connectivity index (χ4v) is 6.74. The molecule has 0 spiro atoms. The monoisotopic (exact) mass is 572 g/mol. The molecule has 2 rings (SSSR count). The zero-order valence-corrected chi connectivity index (χ0v) is 22.5. The van der Waals surface area contributed by atoms with Crippen LogP contribution in [0.25, 0.3) is 0 Å². The van der Waals surface area contributed by atoms with Gasteiger partial charge in [0.1, 0.15) is 4.90 Å². The predicted octanol–water partition coefficient (Wildman–Crippen LogP) is 0.672. The molecule has 1 aliphatic heterocycles. The maximum absolute atomic E-state index is 13.6. The highest BCUT2D eigenvalue weighted by Gasteiger charge is 2.34. The fourth-order valence-electron chi connectivity index (χ4n) is 4.05. The Kier molecular flexibility index (Phi) is 10.2. The van der Waals surface area contributed by atoms with Crippen LogP contribution in [0.1, 0.15) is 25.7 Å². The van der Waals surface area contributed by atoms with Gasteiger partial charge in [0.15, 0.2) is 0 Å². The number of nitro benzene ring substituents is 1. The van der Waals surface area contributed by atoms with Crippen molar-refractivity contribution in [3.63, 3.8) is 0 Å². The Morgan fingerprint density at radius 2 is 1.47 bits per heavy atom. The van der Waals surface area contributed by atoms with E-state index < -0.39 is 52.4 Å². The van der Waals surface area contributed by atoms with E-state index in [0.29, 0.717) is 12.8 Å². The lowest BCUT2D eigenvalue weighted by molar-refractivity contribution is -0.385. The van der Waals surface area contributed by atoms with Gasteiger partial charge in [0.05, 0.1) is 22.1 Å². The minimum absolute atomic E-state index is 0.0287. The van der Waals surface area contributed by atoms with Crippen LogP contribution in [-0.2, 0) is 30.3 Å². The van der Waals surface area contributed by atoms with E-state index in [-0.39, 0.29) is 55.6 Å². The maximum atomic E-state index is 13.6. The van der Waals surface area contributed by atoms with Gasteiger partial charge in [-0.1, -0.05) is 0 Å². The Bertz CT molecular complexity index is 1200. The molecular weight excluding hydrogens is 540 g/mol. The number of piperidine rings is 1. The molecule has 206 valence electrons. The molecule has 14 nitrogen and oxygen atoms in total. The summed E-state index contributed by atoms with van der Waals surface area (Å²) < 4.78 is 91.3. The molecule has 1 aliphatic rings. The first-order valence-electron chi connectivity index (χ1n) is 11.1. The van der Waals surface area contributed by atoms with Crippen LogP contribution >= 0.6 is 0 Å². The summed E-state index contributed by atoms with van der Waals surface area (Å²) in [4.78, 5) is 13.7. The number of benzene rings is 1. The standard InChI is InChI=1S/C19H32N4O10S3/c1-20(2)16-7-11-22(12-8-16)36(32,33)19-15-17(23(24)25)5-6-18(19)21(9-3-13-34(26,27)28)10-4-14-35(29,30)31/h5-6,15-16H,3-4,7-14H2,1-2H3,(H,26,27,28)(H,29,30,31). The van der Waals surface area contributed by atoms with Crippen molar-refractivity contribution in [2.75, 3.05) is 56.7 Å². The van der Waals surface area contributed by atoms with Gasteiger partial charge in [-0.2, -0.15) is 21.1 Å². The van der Waals surface area contributed by atoms with Crippen LogP contribution in [0.4, 0.5) is 11.4 Å². The van der Waals surface area contributed by atoms with Gasteiger partial charge in [-0.15, -0.1) is 0 Å². The molecule has 0 bridgehead atoms. The summed E-state index contributed by atoms with van der Waals surface area (Å²) in [5, 5.41) is 11.4. The summed E-state index contributed by atoms with van der Waals surface area (Å²) in [7, 11) is -9.06. The average Bonchev–Trinajstić information content (AvgIpc) is 2.76. The second-order valence-corrected chi connectivity index (χ2v) is 13.8. The van der Waals surface area contributed by atoms with Crippen LogP contribution in [0.3, 0.4) is 0 Å². The van der Waals surface area contributed by atoms with E-state index in [4.69, 9.17) is 9.11 Å². The quantitative estimate of drug-likeness (QED) is 0.191. The predicted molar refractivity (Wildman–Crippen MR) is 133 cm³/mol. The highest BCUT2D eigenvalue weighted by atomic mass is 32.2. The normalized spacial score (nSPS) is 16.4. The van der Waals surface area contributed by atoms with Gasteiger partial charge in [0.2, 0.25) is 10.0 Å². The smallest absolute Gasteiger partial charge is 0.270 e. The Balaban J connectivity index is 2.47. The van der Waals surface area contributed by atoms with Crippen LogP contribution in [0.5, 0.6) is 0 Å². The van der Waals surface area contributed by atoms with E-state index in [0.717, 1.165) is 12.1 Å². The van der Waals surface area contributed by atoms with Crippen molar-refractivity contribution in [3.05, 3.63) is 28.3 Å². The van der Waals surface area contributed by atoms with Crippen molar-refractivity contribution < 1.29 is 39.3 Å². The van der Waals surface area contributed by atoms with Crippen LogP contribution < -0.4 is 4.90 Å². The first-order chi connectivity index (χ1) is 16.5. The molecule has 1 aromatic rings. The van der Waals surface area contributed by atoms with Crippen LogP contribution in [0, 0.1) is 10.1 Å². The summed E-state index contributed by atoms with van der Waals surface area (Å²) in [5.41, 5.74) is -0.433. The highest BCUT2D eigenvalue weighted by molar-refractivity contribution is 7.89. The first-order valence-corrected chi connectivity index (χ1v) is 15.8. The molecule has 0 atom stereocenters. The van der Waals surface area contributed by atoms with E-state index >= 15 is 0 Å². The number of non-ortho nitro benzene ring substituents is 1. The zero-order chi connectivity index (χ0) is 27.3. The molecular formula is C19H32N4O10S3. The van der Waals surface area contributed by atoms with Crippen molar-refractivity contribution in [1.82, 2.24) is 9.21 Å². The SMILES string of the molecule is CN(C)C1CCN(S(=O)(=O)c2cc([N+](=O)[O-])ccc2N(CCCS(=O)(=O)O)CCCS(=O)(=O)O)CC1. The van der Waals surface area contributed by atoms with Gasteiger partial charge < -0.3 is 9.80 Å². The molecule has 36 heavy (non-hydrogen) atoms. The van der Waals surface area contributed by atoms with E-state index in [9.17, 15) is 35.4 Å². The van der Waals surface area contributed by atoms with Crippen molar-refractivity contribution in [2.24, 2.45) is 0 Å². The number of anilines is 1. The molecule has 0 radical (unpaired) electrons. The van der Waals surface area contributed by atoms with E-state index in [2.05, 4.69) is 0 Å². The fraction of sp³-hybridized carbons (Fsp3) is 0.684. The van der Waals surface area contributed by atoms with E-state index in [1.807, 2.05) is 19.0 Å². The molecule has 0 amide bonds. The minimum Gasteiger partial charge on any atom is -0.370 e. The van der Waals surface area contributed by atoms with Gasteiger partial charge in [-0.3, -0.25) is 19.2 Å². The number of hydrogen-bond donors (Lipinski definition) is 2. The molecule has 0 saturated carbocycles. The van der Waals surface area contributed by atoms with Crippen molar-refractivity contribution in [2.45, 2.75) is 36.6 Å². The first kappa shape index (κ1) is 30.3. The zero-order valence-electron chi connectivity index (χ0n) is 20.1. The Hall–Kier alpha value is -1.89. The third-order valence-corrected chi connectivity index (χ3v) is 9.46. The number of nitro groups is 1. The Morgan fingerprint density at radius 1 is 0.972 bits per heavy atom. The number of nitrogens with zero attached hydrogens (tertiary/aromatic N) is 4. The summed E-state index contributed by atoms with van der Waals surface area (Å²) in [5.74, 6) is -1.26. The summed E-state index contributed by atoms with van der Waals surface area (Å²) in [6.07, 6.45) is 0.858. The van der Waals surface area contributed by atoms with Crippen molar-refractivity contribution in [3.8, 4) is 0 Å². The van der Waals surface area contributed by atoms with Gasteiger partial charge in [-0.25, -0.2) is 8.42 Å². The van der Waals surface area contributed by atoms with Crippen molar-refractivity contribution in [1.29, 1.82) is 0 Å². The lowest BCUT2D eigenvalue weighted by Gasteiger charge is -2.35. The lowest BCUT2D eigenvalue weighted by atomic mass is 10.1. The molecule has 17 heteroatoms. The largest absolute Gasteiger partial charge is 0.370 e. The summed E-state index contributed by atoms with van der Waals surface area (Å²) >= 11 is 0. The molecule has 1 aromatic carbocycles. The second kappa shape index (κ2) is 12.1. The van der Waals surface area contributed by atoms with Gasteiger partial charge in [0.25, 0.3) is 25.9 Å². The third kappa shape index (κ3) is 8.89. The van der Waals surface area contributed by atoms with Gasteiger partial charge in [0, 0.05) is 44.4 Å². The molecule has 2 N–H and O–H groups in total. The Morgan fingerprint density at radius 3 is 1.89 bits per heavy atom. The van der Waals surface area contributed by atoms with Crippen LogP contribution in [0.15, 0.2) is 23.1 Å². The number of rotatable bonds is 13. The van der Waals surface area contributed by atoms with Crippen LogP contribution in [-0.4, -0.2) is 106 Å². The van der Waals surface area contributed by atoms with Crippen molar-refractivity contribution >= 4 is 41.6 Å². The average molecular weight is 573 g/mol. The number of hydrogen-bond acceptors (Lipinski definition) is 10. The molecule has 0 aliphatic carbocycles. The summed E-state index contributed by atoms with van der Waals surface area (Å²) in [6, 6.07) is 3.43. The number of sulfonamides is 1. The molecule has 1 heterocycles. The summed E-state index contributed by atoms with van der Waals surface area (Å²) in [6.45, 7) is 0.181. The highest BCUT2D eigenvalue weighted by Crippen LogP contribution is 2.33. The molecule has 1 saturated heterocycles. The van der Waals surface area contributed by atoms with Crippen LogP contribution in [0.2, 0.25) is 0 Å². The van der Waals surface area contributed by atoms with E-state index in [1.165, 1.54) is 15.3 Å². The second-order valence-electron chi connectivity index (χ2n) is 8.77. The lowest BCUT2D eigenvalue weighted by Crippen LogP contribution is -2.44. The minimum atomic E-state index is -4.31. The topological polar surface area (TPSA) is 196 Å². The molecule has 1 fully saturated rings. The van der Waals surface area contributed by atoms with E-state index in [1.54, 1.807) is 0 Å². The van der Waals surface area contributed by atoms with Gasteiger partial charge >= 0.3 is 0 Å². The molecule has 0 unspecified atom stereocenters. The molecule has 0 aromatic heterocycles. The van der Waals surface area contributed by atoms with Gasteiger partial charge in [-0.05, 0) is 45.8 Å². The third-order valence-electron chi connectivity index (χ3n) is 5.93. The Labute approximate surface area is 211 Å². The maximum Gasteiger partial charge on any atom is 0.270 e.